The Morgan fingerprint density at radius 3 is 2.41 bits per heavy atom. The van der Waals surface area contributed by atoms with Gasteiger partial charge in [0.05, 0.1) is 25.0 Å². The van der Waals surface area contributed by atoms with E-state index in [0.717, 1.165) is 22.6 Å². The van der Waals surface area contributed by atoms with Crippen molar-refractivity contribution in [3.63, 3.8) is 0 Å². The molecular formula is C24H26FN3O4. The van der Waals surface area contributed by atoms with Crippen molar-refractivity contribution in [3.05, 3.63) is 76.9 Å². The molecule has 3 aromatic rings. The number of benzene rings is 2. The van der Waals surface area contributed by atoms with Crippen LogP contribution >= 0.6 is 0 Å². The fourth-order valence-corrected chi connectivity index (χ4v) is 3.34. The van der Waals surface area contributed by atoms with Crippen molar-refractivity contribution in [2.75, 3.05) is 20.3 Å². The normalized spacial score (nSPS) is 10.6. The van der Waals surface area contributed by atoms with Crippen LogP contribution in [0.1, 0.15) is 33.7 Å². The van der Waals surface area contributed by atoms with Gasteiger partial charge in [0.15, 0.2) is 0 Å². The highest BCUT2D eigenvalue weighted by Crippen LogP contribution is 2.20. The van der Waals surface area contributed by atoms with E-state index in [2.05, 4.69) is 10.4 Å². The number of carbonyl (C=O) groups excluding carboxylic acids is 2. The molecule has 2 aromatic carbocycles. The molecule has 0 spiro atoms. The molecule has 1 heterocycles. The van der Waals surface area contributed by atoms with E-state index >= 15 is 0 Å². The summed E-state index contributed by atoms with van der Waals surface area (Å²) < 4.78 is 24.9. The van der Waals surface area contributed by atoms with E-state index in [4.69, 9.17) is 9.47 Å². The summed E-state index contributed by atoms with van der Waals surface area (Å²) in [6.07, 6.45) is 0.860. The average Bonchev–Trinajstić information content (AvgIpc) is 3.09. The summed E-state index contributed by atoms with van der Waals surface area (Å²) in [5, 5.41) is 7.37. The van der Waals surface area contributed by atoms with Crippen molar-refractivity contribution in [2.45, 2.75) is 26.7 Å². The van der Waals surface area contributed by atoms with Crippen LogP contribution in [0.3, 0.4) is 0 Å². The first kappa shape index (κ1) is 23.0. The average molecular weight is 439 g/mol. The van der Waals surface area contributed by atoms with Gasteiger partial charge in [-0.2, -0.15) is 5.10 Å². The Hall–Kier alpha value is -3.68. The van der Waals surface area contributed by atoms with Crippen LogP contribution < -0.4 is 10.1 Å². The second kappa shape index (κ2) is 10.6. The van der Waals surface area contributed by atoms with Crippen LogP contribution in [-0.4, -0.2) is 41.9 Å². The maximum atomic E-state index is 12.9. The van der Waals surface area contributed by atoms with Gasteiger partial charge in [0.25, 0.3) is 5.91 Å². The molecule has 0 saturated heterocycles. The Morgan fingerprint density at radius 1 is 1.06 bits per heavy atom. The molecule has 0 aliphatic rings. The molecule has 0 atom stereocenters. The molecule has 7 nitrogen and oxygen atoms in total. The Balaban J connectivity index is 1.56. The smallest absolute Gasteiger partial charge is 0.305 e. The molecule has 0 radical (unpaired) electrons. The highest BCUT2D eigenvalue weighted by atomic mass is 19.1. The van der Waals surface area contributed by atoms with Gasteiger partial charge < -0.3 is 14.8 Å². The molecular weight excluding hydrogens is 413 g/mol. The van der Waals surface area contributed by atoms with Crippen molar-refractivity contribution in [3.8, 4) is 11.4 Å². The molecule has 8 heteroatoms. The van der Waals surface area contributed by atoms with E-state index in [9.17, 15) is 14.0 Å². The third-order valence-electron chi connectivity index (χ3n) is 5.09. The summed E-state index contributed by atoms with van der Waals surface area (Å²) in [5.41, 5.74) is 4.16. The Labute approximate surface area is 186 Å². The van der Waals surface area contributed by atoms with E-state index in [1.807, 2.05) is 26.0 Å². The van der Waals surface area contributed by atoms with Crippen LogP contribution in [0.25, 0.3) is 5.69 Å². The number of nitrogens with one attached hydrogen (secondary N) is 1. The fourth-order valence-electron chi connectivity index (χ4n) is 3.34. The molecule has 1 N–H and O–H groups in total. The third-order valence-corrected chi connectivity index (χ3v) is 5.09. The monoisotopic (exact) mass is 439 g/mol. The van der Waals surface area contributed by atoms with E-state index in [1.54, 1.807) is 16.8 Å². The lowest BCUT2D eigenvalue weighted by molar-refractivity contribution is -0.140. The lowest BCUT2D eigenvalue weighted by Gasteiger charge is -2.09. The van der Waals surface area contributed by atoms with Crippen molar-refractivity contribution >= 4 is 11.9 Å². The maximum absolute atomic E-state index is 12.9. The number of hydrogen-bond acceptors (Lipinski definition) is 5. The van der Waals surface area contributed by atoms with Crippen LogP contribution in [-0.2, 0) is 16.0 Å². The number of hydrogen-bond donors (Lipinski definition) is 1. The predicted octanol–water partition coefficient (Wildman–Crippen LogP) is 3.54. The number of aryl methyl sites for hydroxylation is 1. The summed E-state index contributed by atoms with van der Waals surface area (Å²) in [6, 6.07) is 12.8. The van der Waals surface area contributed by atoms with Crippen molar-refractivity contribution < 1.29 is 23.5 Å². The van der Waals surface area contributed by atoms with E-state index < -0.39 is 0 Å². The van der Waals surface area contributed by atoms with Crippen molar-refractivity contribution in [2.24, 2.45) is 0 Å². The van der Waals surface area contributed by atoms with Gasteiger partial charge in [-0.05, 0) is 74.4 Å². The molecule has 168 valence electrons. The lowest BCUT2D eigenvalue weighted by Crippen LogP contribution is -2.28. The lowest BCUT2D eigenvalue weighted by atomic mass is 10.1. The molecule has 0 saturated carbocycles. The van der Waals surface area contributed by atoms with E-state index in [1.165, 1.54) is 31.4 Å². The first-order chi connectivity index (χ1) is 15.4. The van der Waals surface area contributed by atoms with Crippen LogP contribution in [0.4, 0.5) is 4.39 Å². The number of rotatable bonds is 9. The standard InChI is InChI=1S/C24H26FN3O4/c1-16-22(12-13-23(29)31-3)17(2)28(27-16)20-8-4-18(5-9-20)24(30)26-14-15-32-21-10-6-19(25)7-11-21/h4-11H,12-15H2,1-3H3,(H,26,30). The molecule has 0 bridgehead atoms. The summed E-state index contributed by atoms with van der Waals surface area (Å²) >= 11 is 0. The van der Waals surface area contributed by atoms with Gasteiger partial charge in [-0.15, -0.1) is 0 Å². The number of methoxy groups -OCH3 is 1. The first-order valence-electron chi connectivity index (χ1n) is 10.3. The quantitative estimate of drug-likeness (QED) is 0.407. The zero-order chi connectivity index (χ0) is 23.1. The minimum Gasteiger partial charge on any atom is -0.492 e. The number of halogens is 1. The molecule has 1 aromatic heterocycles. The highest BCUT2D eigenvalue weighted by molar-refractivity contribution is 5.94. The zero-order valence-electron chi connectivity index (χ0n) is 18.4. The first-order valence-corrected chi connectivity index (χ1v) is 10.3. The maximum Gasteiger partial charge on any atom is 0.305 e. The summed E-state index contributed by atoms with van der Waals surface area (Å²) in [6.45, 7) is 4.45. The Morgan fingerprint density at radius 2 is 1.75 bits per heavy atom. The summed E-state index contributed by atoms with van der Waals surface area (Å²) in [7, 11) is 1.38. The Bertz CT molecular complexity index is 1080. The number of amides is 1. The van der Waals surface area contributed by atoms with Gasteiger partial charge in [-0.1, -0.05) is 0 Å². The van der Waals surface area contributed by atoms with Crippen LogP contribution in [0.5, 0.6) is 5.75 Å². The molecule has 0 aliphatic carbocycles. The predicted molar refractivity (Wildman–Crippen MR) is 118 cm³/mol. The van der Waals surface area contributed by atoms with Gasteiger partial charge in [0.1, 0.15) is 18.2 Å². The molecule has 0 aliphatic heterocycles. The second-order valence-corrected chi connectivity index (χ2v) is 7.24. The minimum atomic E-state index is -0.327. The molecule has 32 heavy (non-hydrogen) atoms. The number of esters is 1. The van der Waals surface area contributed by atoms with Crippen molar-refractivity contribution in [1.29, 1.82) is 0 Å². The number of aromatic nitrogens is 2. The summed E-state index contributed by atoms with van der Waals surface area (Å²) in [4.78, 5) is 23.8. The topological polar surface area (TPSA) is 82.5 Å². The fraction of sp³-hybridized carbons (Fsp3) is 0.292. The largest absolute Gasteiger partial charge is 0.492 e. The van der Waals surface area contributed by atoms with Gasteiger partial charge in [0, 0.05) is 17.7 Å². The van der Waals surface area contributed by atoms with E-state index in [-0.39, 0.29) is 24.3 Å². The summed E-state index contributed by atoms with van der Waals surface area (Å²) in [5.74, 6) is -0.255. The number of ether oxygens (including phenoxy) is 2. The SMILES string of the molecule is COC(=O)CCc1c(C)nn(-c2ccc(C(=O)NCCOc3ccc(F)cc3)cc2)c1C. The van der Waals surface area contributed by atoms with Crippen molar-refractivity contribution in [1.82, 2.24) is 15.1 Å². The zero-order valence-corrected chi connectivity index (χ0v) is 18.4. The van der Waals surface area contributed by atoms with Crippen LogP contribution in [0.2, 0.25) is 0 Å². The second-order valence-electron chi connectivity index (χ2n) is 7.24. The van der Waals surface area contributed by atoms with Gasteiger partial charge >= 0.3 is 5.97 Å². The van der Waals surface area contributed by atoms with Crippen LogP contribution in [0.15, 0.2) is 48.5 Å². The van der Waals surface area contributed by atoms with Gasteiger partial charge in [-0.25, -0.2) is 9.07 Å². The van der Waals surface area contributed by atoms with Gasteiger partial charge in [-0.3, -0.25) is 9.59 Å². The number of nitrogens with zero attached hydrogens (tertiary/aromatic N) is 2. The third kappa shape index (κ3) is 5.72. The highest BCUT2D eigenvalue weighted by Gasteiger charge is 2.15. The Kier molecular flexibility index (Phi) is 7.59. The molecule has 0 unspecified atom stereocenters. The molecule has 1 amide bonds. The van der Waals surface area contributed by atoms with E-state index in [0.29, 0.717) is 30.7 Å². The minimum absolute atomic E-state index is 0.216. The molecule has 0 fully saturated rings. The van der Waals surface area contributed by atoms with Gasteiger partial charge in [0.2, 0.25) is 0 Å². The molecule has 3 rings (SSSR count). The number of carbonyl (C=O) groups is 2. The van der Waals surface area contributed by atoms with Crippen LogP contribution in [0, 0.1) is 19.7 Å².